The highest BCUT2D eigenvalue weighted by molar-refractivity contribution is 5.75. The minimum atomic E-state index is -0.274. The Morgan fingerprint density at radius 3 is 2.76 bits per heavy atom. The molecule has 2 N–H and O–H groups in total. The summed E-state index contributed by atoms with van der Waals surface area (Å²) in [6.07, 6.45) is 3.99. The lowest BCUT2D eigenvalue weighted by Crippen LogP contribution is -2.40. The maximum absolute atomic E-state index is 13.6. The summed E-state index contributed by atoms with van der Waals surface area (Å²) in [6, 6.07) is 18.1. The number of rotatable bonds is 5. The zero-order chi connectivity index (χ0) is 20.2. The molecule has 2 atom stereocenters. The van der Waals surface area contributed by atoms with E-state index >= 15 is 0 Å². The third-order valence-corrected chi connectivity index (χ3v) is 5.40. The monoisotopic (exact) mass is 389 g/mol. The van der Waals surface area contributed by atoms with E-state index < -0.39 is 0 Å². The maximum atomic E-state index is 13.6. The van der Waals surface area contributed by atoms with Crippen LogP contribution in [0.1, 0.15) is 46.5 Å². The number of pyridine rings is 1. The van der Waals surface area contributed by atoms with E-state index in [-0.39, 0.29) is 23.9 Å². The minimum Gasteiger partial charge on any atom is -0.331 e. The van der Waals surface area contributed by atoms with Crippen LogP contribution in [0, 0.1) is 12.7 Å². The van der Waals surface area contributed by atoms with Gasteiger partial charge in [-0.15, -0.1) is 0 Å². The summed E-state index contributed by atoms with van der Waals surface area (Å²) in [5, 5.41) is 6.08. The van der Waals surface area contributed by atoms with E-state index in [2.05, 4.69) is 39.9 Å². The molecular formula is C24H24FN3O. The number of carbonyl (C=O) groups is 1. The first-order chi connectivity index (χ1) is 14.1. The zero-order valence-corrected chi connectivity index (χ0v) is 16.4. The van der Waals surface area contributed by atoms with Crippen LogP contribution in [0.2, 0.25) is 0 Å². The van der Waals surface area contributed by atoms with Crippen molar-refractivity contribution >= 4 is 6.03 Å². The molecule has 148 valence electrons. The first-order valence-electron chi connectivity index (χ1n) is 9.90. The lowest BCUT2D eigenvalue weighted by atomic mass is 10.0. The fraction of sp³-hybridized carbons (Fsp3) is 0.250. The number of aryl methyl sites for hydroxylation is 2. The highest BCUT2D eigenvalue weighted by Gasteiger charge is 2.25. The SMILES string of the molecule is Cc1ccc(CC(NC(=O)NC2CCc3ccc(F)cc32)c2ccccn2)cc1. The van der Waals surface area contributed by atoms with Gasteiger partial charge in [0.2, 0.25) is 0 Å². The second-order valence-corrected chi connectivity index (χ2v) is 7.55. The average Bonchev–Trinajstić information content (AvgIpc) is 3.11. The Bertz CT molecular complexity index is 989. The fourth-order valence-electron chi connectivity index (χ4n) is 3.85. The number of urea groups is 1. The number of hydrogen-bond donors (Lipinski definition) is 2. The van der Waals surface area contributed by atoms with Gasteiger partial charge < -0.3 is 10.6 Å². The Labute approximate surface area is 170 Å². The standard InChI is InChI=1S/C24H24FN3O/c1-16-5-7-17(8-6-16)14-23(22-4-2-3-13-26-22)28-24(29)27-21-12-10-18-9-11-19(25)15-20(18)21/h2-9,11,13,15,21,23H,10,12,14H2,1H3,(H2,27,28,29). The molecule has 4 rings (SSSR count). The topological polar surface area (TPSA) is 54.0 Å². The van der Waals surface area contributed by atoms with Gasteiger partial charge >= 0.3 is 6.03 Å². The summed E-state index contributed by atoms with van der Waals surface area (Å²) < 4.78 is 13.6. The van der Waals surface area contributed by atoms with E-state index in [4.69, 9.17) is 0 Å². The normalized spacial score (nSPS) is 16.1. The van der Waals surface area contributed by atoms with Crippen molar-refractivity contribution in [1.29, 1.82) is 0 Å². The van der Waals surface area contributed by atoms with E-state index in [9.17, 15) is 9.18 Å². The molecule has 29 heavy (non-hydrogen) atoms. The number of carbonyl (C=O) groups excluding carboxylic acids is 1. The van der Waals surface area contributed by atoms with Gasteiger partial charge in [-0.25, -0.2) is 9.18 Å². The van der Waals surface area contributed by atoms with E-state index in [0.717, 1.165) is 35.2 Å². The molecule has 1 aliphatic rings. The van der Waals surface area contributed by atoms with Crippen LogP contribution in [0.25, 0.3) is 0 Å². The molecule has 4 nitrogen and oxygen atoms in total. The number of nitrogens with one attached hydrogen (secondary N) is 2. The van der Waals surface area contributed by atoms with E-state index in [1.165, 1.54) is 17.7 Å². The van der Waals surface area contributed by atoms with Crippen LogP contribution in [-0.4, -0.2) is 11.0 Å². The molecule has 2 aromatic carbocycles. The summed E-state index contributed by atoms with van der Waals surface area (Å²) in [7, 11) is 0. The minimum absolute atomic E-state index is 0.176. The zero-order valence-electron chi connectivity index (χ0n) is 16.4. The number of benzene rings is 2. The molecule has 0 aliphatic heterocycles. The second-order valence-electron chi connectivity index (χ2n) is 7.55. The molecule has 0 saturated heterocycles. The van der Waals surface area contributed by atoms with Crippen LogP contribution in [-0.2, 0) is 12.8 Å². The number of hydrogen-bond acceptors (Lipinski definition) is 2. The number of fused-ring (bicyclic) bond motifs is 1. The van der Waals surface area contributed by atoms with Gasteiger partial charge in [-0.3, -0.25) is 4.98 Å². The van der Waals surface area contributed by atoms with Crippen LogP contribution >= 0.6 is 0 Å². The highest BCUT2D eigenvalue weighted by Crippen LogP contribution is 2.31. The van der Waals surface area contributed by atoms with Gasteiger partial charge in [-0.1, -0.05) is 42.0 Å². The summed E-state index contributed by atoms with van der Waals surface area (Å²) in [4.78, 5) is 17.2. The van der Waals surface area contributed by atoms with Crippen LogP contribution in [0.3, 0.4) is 0 Å². The average molecular weight is 389 g/mol. The van der Waals surface area contributed by atoms with Crippen molar-refractivity contribution in [2.45, 2.75) is 38.3 Å². The van der Waals surface area contributed by atoms with Gasteiger partial charge in [-0.05, 0) is 67.1 Å². The lowest BCUT2D eigenvalue weighted by Gasteiger charge is -2.21. The van der Waals surface area contributed by atoms with Crippen molar-refractivity contribution in [2.75, 3.05) is 0 Å². The number of nitrogens with zero attached hydrogens (tertiary/aromatic N) is 1. The quantitative estimate of drug-likeness (QED) is 0.659. The Kier molecular flexibility index (Phi) is 5.56. The predicted molar refractivity (Wildman–Crippen MR) is 111 cm³/mol. The van der Waals surface area contributed by atoms with Crippen molar-refractivity contribution in [3.63, 3.8) is 0 Å². The van der Waals surface area contributed by atoms with Gasteiger partial charge in [-0.2, -0.15) is 0 Å². The van der Waals surface area contributed by atoms with Gasteiger partial charge in [0.1, 0.15) is 5.82 Å². The van der Waals surface area contributed by atoms with Crippen molar-refractivity contribution in [3.8, 4) is 0 Å². The van der Waals surface area contributed by atoms with Gasteiger partial charge in [0.15, 0.2) is 0 Å². The molecule has 1 heterocycles. The summed E-state index contributed by atoms with van der Waals surface area (Å²) >= 11 is 0. The molecule has 1 aromatic heterocycles. The van der Waals surface area contributed by atoms with Crippen LogP contribution in [0.4, 0.5) is 9.18 Å². The van der Waals surface area contributed by atoms with Crippen molar-refractivity contribution in [3.05, 3.63) is 101 Å². The second kappa shape index (κ2) is 8.43. The van der Waals surface area contributed by atoms with Crippen molar-refractivity contribution in [1.82, 2.24) is 15.6 Å². The highest BCUT2D eigenvalue weighted by atomic mass is 19.1. The molecular weight excluding hydrogens is 365 g/mol. The molecule has 0 spiro atoms. The number of halogens is 1. The molecule has 0 bridgehead atoms. The smallest absolute Gasteiger partial charge is 0.315 e. The van der Waals surface area contributed by atoms with E-state index in [1.807, 2.05) is 25.1 Å². The van der Waals surface area contributed by atoms with Gasteiger partial charge in [0.25, 0.3) is 0 Å². The Morgan fingerprint density at radius 2 is 2.00 bits per heavy atom. The number of aromatic nitrogens is 1. The van der Waals surface area contributed by atoms with Crippen molar-refractivity contribution in [2.24, 2.45) is 0 Å². The van der Waals surface area contributed by atoms with Crippen molar-refractivity contribution < 1.29 is 9.18 Å². The van der Waals surface area contributed by atoms with Crippen LogP contribution in [0.15, 0.2) is 66.9 Å². The Morgan fingerprint density at radius 1 is 1.17 bits per heavy atom. The Hall–Kier alpha value is -3.21. The molecule has 2 unspecified atom stereocenters. The molecule has 0 saturated carbocycles. The molecule has 0 radical (unpaired) electrons. The van der Waals surface area contributed by atoms with Gasteiger partial charge in [0, 0.05) is 6.20 Å². The molecule has 3 aromatic rings. The third kappa shape index (κ3) is 4.62. The molecule has 0 fully saturated rings. The van der Waals surface area contributed by atoms with E-state index in [0.29, 0.717) is 6.42 Å². The fourth-order valence-corrected chi connectivity index (χ4v) is 3.85. The summed E-state index contributed by atoms with van der Waals surface area (Å²) in [6.45, 7) is 2.05. The van der Waals surface area contributed by atoms with Gasteiger partial charge in [0.05, 0.1) is 17.8 Å². The molecule has 2 amide bonds. The van der Waals surface area contributed by atoms with Crippen LogP contribution < -0.4 is 10.6 Å². The first-order valence-corrected chi connectivity index (χ1v) is 9.90. The first kappa shape index (κ1) is 19.1. The van der Waals surface area contributed by atoms with Crippen LogP contribution in [0.5, 0.6) is 0 Å². The Balaban J connectivity index is 1.48. The molecule has 1 aliphatic carbocycles. The number of amides is 2. The largest absolute Gasteiger partial charge is 0.331 e. The third-order valence-electron chi connectivity index (χ3n) is 5.40. The molecule has 5 heteroatoms. The summed E-state index contributed by atoms with van der Waals surface area (Å²) in [5.74, 6) is -0.274. The lowest BCUT2D eigenvalue weighted by molar-refractivity contribution is 0.232. The maximum Gasteiger partial charge on any atom is 0.315 e. The van der Waals surface area contributed by atoms with E-state index in [1.54, 1.807) is 12.3 Å². The summed E-state index contributed by atoms with van der Waals surface area (Å²) in [5.41, 5.74) is 5.09. The predicted octanol–water partition coefficient (Wildman–Crippen LogP) is 4.80.